The number of allylic oxidation sites excluding steroid dienone is 5. The Labute approximate surface area is 424 Å². The molecule has 3 aliphatic heterocycles. The lowest BCUT2D eigenvalue weighted by Gasteiger charge is -2.32. The third-order valence-corrected chi connectivity index (χ3v) is 14.7. The molecule has 0 aromatic heterocycles. The number of para-hydroxylation sites is 1. The van der Waals surface area contributed by atoms with E-state index in [-0.39, 0.29) is 32.5 Å². The van der Waals surface area contributed by atoms with Crippen LogP contribution in [0, 0.1) is 44.8 Å². The summed E-state index contributed by atoms with van der Waals surface area (Å²) in [6.45, 7) is 57.6. The molecule has 1 saturated carbocycles. The van der Waals surface area contributed by atoms with Gasteiger partial charge in [0.15, 0.2) is 0 Å². The summed E-state index contributed by atoms with van der Waals surface area (Å²) in [5, 5.41) is 0. The molecule has 0 N–H and O–H groups in total. The zero-order valence-electron chi connectivity index (χ0n) is 48.5. The number of hydrogen-bond donors (Lipinski definition) is 0. The minimum absolute atomic E-state index is 0.117. The molecule has 0 saturated heterocycles. The first-order chi connectivity index (χ1) is 31.3. The Bertz CT molecular complexity index is 2310. The maximum Gasteiger partial charge on any atom is 0.131 e. The number of fused-ring (bicyclic) bond motifs is 4. The molecule has 5 aliphatic rings. The fourth-order valence-electron chi connectivity index (χ4n) is 11.1. The van der Waals surface area contributed by atoms with Crippen molar-refractivity contribution >= 4 is 16.7 Å². The second kappa shape index (κ2) is 20.0. The summed E-state index contributed by atoms with van der Waals surface area (Å²) in [5.74, 6) is 3.96. The van der Waals surface area contributed by atoms with Crippen molar-refractivity contribution in [1.82, 2.24) is 0 Å². The van der Waals surface area contributed by atoms with Crippen LogP contribution in [0.25, 0.3) is 16.7 Å². The maximum atomic E-state index is 5.93. The predicted molar refractivity (Wildman–Crippen MR) is 300 cm³/mol. The lowest BCUT2D eigenvalue weighted by molar-refractivity contribution is 0.149. The molecule has 0 spiro atoms. The summed E-state index contributed by atoms with van der Waals surface area (Å²) in [5.41, 5.74) is 18.4. The molecular formula is C66H98O3. The van der Waals surface area contributed by atoms with Crippen LogP contribution in [0.4, 0.5) is 0 Å². The first-order valence-electron chi connectivity index (χ1n) is 26.4. The van der Waals surface area contributed by atoms with Gasteiger partial charge in [-0.3, -0.25) is 0 Å². The summed E-state index contributed by atoms with van der Waals surface area (Å²) < 4.78 is 17.4. The summed E-state index contributed by atoms with van der Waals surface area (Å²) in [6, 6.07) is 19.8. The highest BCUT2D eigenvalue weighted by molar-refractivity contribution is 5.77. The Morgan fingerprint density at radius 3 is 1.30 bits per heavy atom. The highest BCUT2D eigenvalue weighted by atomic mass is 16.5. The van der Waals surface area contributed by atoms with Gasteiger partial charge >= 0.3 is 0 Å². The van der Waals surface area contributed by atoms with Crippen LogP contribution in [0.15, 0.2) is 84.7 Å². The van der Waals surface area contributed by atoms with Crippen LogP contribution in [-0.2, 0) is 38.9 Å². The van der Waals surface area contributed by atoms with Crippen LogP contribution in [0.5, 0.6) is 5.75 Å². The summed E-state index contributed by atoms with van der Waals surface area (Å²) in [7, 11) is 0. The highest BCUT2D eigenvalue weighted by Gasteiger charge is 2.57. The van der Waals surface area contributed by atoms with E-state index in [4.69, 9.17) is 14.2 Å². The van der Waals surface area contributed by atoms with Gasteiger partial charge < -0.3 is 14.2 Å². The van der Waals surface area contributed by atoms with Crippen LogP contribution in [0.2, 0.25) is 0 Å². The molecule has 0 amide bonds. The molecule has 0 bridgehead atoms. The van der Waals surface area contributed by atoms with Gasteiger partial charge in [-0.05, 0) is 118 Å². The van der Waals surface area contributed by atoms with Crippen molar-refractivity contribution in [2.75, 3.05) is 13.2 Å². The van der Waals surface area contributed by atoms with Crippen molar-refractivity contribution in [2.45, 2.75) is 202 Å². The molecule has 3 unspecified atom stereocenters. The minimum atomic E-state index is 0.117. The van der Waals surface area contributed by atoms with Crippen LogP contribution in [-0.4, -0.2) is 13.2 Å². The average molecular weight is 940 g/mol. The summed E-state index contributed by atoms with van der Waals surface area (Å²) >= 11 is 0. The Kier molecular flexibility index (Phi) is 16.3. The number of ether oxygens (including phenoxy) is 3. The SMILES string of the molecule is CC(C)(C)C1=CC2C(C1)C2C(C)(C)C.CC(C)(C)C1=CCOCc2c1cccc2C(C)(C)C.CC(C)(C)C1=CCOc2c1cccc2C(C)(C)C.CC(C)(C)C1=COCc2c1cccc2C(C)(C)C. The second-order valence-electron chi connectivity index (χ2n) is 29.0. The topological polar surface area (TPSA) is 27.7 Å². The van der Waals surface area contributed by atoms with E-state index in [9.17, 15) is 0 Å². The molecule has 8 rings (SSSR count). The highest BCUT2D eigenvalue weighted by Crippen LogP contribution is 2.64. The Balaban J connectivity index is 0.000000173. The van der Waals surface area contributed by atoms with Crippen molar-refractivity contribution in [3.05, 3.63) is 129 Å². The fourth-order valence-corrected chi connectivity index (χ4v) is 11.1. The summed E-state index contributed by atoms with van der Waals surface area (Å²) in [4.78, 5) is 0. The normalized spacial score (nSPS) is 20.3. The molecule has 3 heterocycles. The van der Waals surface area contributed by atoms with E-state index in [2.05, 4.69) is 239 Å². The molecule has 0 radical (unpaired) electrons. The smallest absolute Gasteiger partial charge is 0.131 e. The number of rotatable bonds is 0. The van der Waals surface area contributed by atoms with Gasteiger partial charge in [-0.2, -0.15) is 0 Å². The third-order valence-electron chi connectivity index (χ3n) is 14.7. The molecule has 1 fully saturated rings. The van der Waals surface area contributed by atoms with Gasteiger partial charge in [-0.15, -0.1) is 0 Å². The van der Waals surface area contributed by atoms with Crippen LogP contribution < -0.4 is 4.74 Å². The van der Waals surface area contributed by atoms with E-state index in [1.807, 2.05) is 6.26 Å². The Hall–Kier alpha value is -3.82. The maximum absolute atomic E-state index is 5.93. The minimum Gasteiger partial charge on any atom is -0.496 e. The summed E-state index contributed by atoms with van der Waals surface area (Å²) in [6.07, 6.45) is 10.4. The monoisotopic (exact) mass is 939 g/mol. The van der Waals surface area contributed by atoms with E-state index >= 15 is 0 Å². The van der Waals surface area contributed by atoms with E-state index in [1.165, 1.54) is 67.6 Å². The molecule has 3 aromatic rings. The van der Waals surface area contributed by atoms with Crippen LogP contribution in [0.3, 0.4) is 0 Å². The largest absolute Gasteiger partial charge is 0.496 e. The van der Waals surface area contributed by atoms with Crippen molar-refractivity contribution in [3.63, 3.8) is 0 Å². The van der Waals surface area contributed by atoms with Crippen LogP contribution in [0.1, 0.15) is 217 Å². The zero-order chi connectivity index (χ0) is 52.1. The van der Waals surface area contributed by atoms with Crippen molar-refractivity contribution < 1.29 is 14.2 Å². The molecule has 3 heteroatoms. The molecule has 3 atom stereocenters. The van der Waals surface area contributed by atoms with Crippen molar-refractivity contribution in [3.8, 4) is 5.75 Å². The van der Waals surface area contributed by atoms with Gasteiger partial charge in [0.25, 0.3) is 0 Å². The number of hydrogen-bond acceptors (Lipinski definition) is 3. The second-order valence-corrected chi connectivity index (χ2v) is 29.0. The van der Waals surface area contributed by atoms with Crippen molar-refractivity contribution in [2.24, 2.45) is 44.8 Å². The predicted octanol–water partition coefficient (Wildman–Crippen LogP) is 18.9. The molecule has 69 heavy (non-hydrogen) atoms. The first-order valence-corrected chi connectivity index (χ1v) is 26.4. The zero-order valence-corrected chi connectivity index (χ0v) is 48.5. The lowest BCUT2D eigenvalue weighted by Crippen LogP contribution is -2.20. The van der Waals surface area contributed by atoms with Crippen molar-refractivity contribution in [1.29, 1.82) is 0 Å². The molecule has 380 valence electrons. The van der Waals surface area contributed by atoms with Gasteiger partial charge in [0.1, 0.15) is 19.0 Å². The van der Waals surface area contributed by atoms with Gasteiger partial charge in [0.05, 0.1) is 19.5 Å². The number of benzene rings is 3. The quantitative estimate of drug-likeness (QED) is 0.210. The molecular weight excluding hydrogens is 841 g/mol. The van der Waals surface area contributed by atoms with Crippen LogP contribution >= 0.6 is 0 Å². The molecule has 2 aliphatic carbocycles. The van der Waals surface area contributed by atoms with Gasteiger partial charge in [-0.25, -0.2) is 0 Å². The standard InChI is InChI=1S/C18H26O.2C17H24O.C14H24/c1-17(2,3)15-9-7-8-13-14(15)12-19-11-10-16(13)18(4,5)6;1-16(2,3)14-9-7-8-12-13(14)10-18-11-15(12)17(4,5)6;1-16(2,3)13-10-11-18-15-12(13)8-7-9-14(15)17(4,5)6;1-13(2,3)9-7-10-11(8-9)12(10)14(4,5)6/h7-10H,11-12H2,1-6H3;7-9,11H,10H2,1-6H3;7-10H,11H2,1-6H3;7,10-12H,8H2,1-6H3. The van der Waals surface area contributed by atoms with E-state index in [0.29, 0.717) is 30.7 Å². The van der Waals surface area contributed by atoms with Gasteiger partial charge in [0.2, 0.25) is 0 Å². The fraction of sp³-hybridized carbons (Fsp3) is 0.606. The molecule has 3 nitrogen and oxygen atoms in total. The lowest BCUT2D eigenvalue weighted by atomic mass is 9.76. The van der Waals surface area contributed by atoms with E-state index < -0.39 is 0 Å². The van der Waals surface area contributed by atoms with Gasteiger partial charge in [-0.1, -0.05) is 238 Å². The first kappa shape index (κ1) is 56.1. The average Bonchev–Trinajstić information content (AvgIpc) is 3.81. The van der Waals surface area contributed by atoms with Gasteiger partial charge in [0, 0.05) is 16.7 Å². The Morgan fingerprint density at radius 1 is 0.435 bits per heavy atom. The third kappa shape index (κ3) is 13.6. The molecule has 3 aromatic carbocycles. The Morgan fingerprint density at radius 2 is 0.870 bits per heavy atom. The van der Waals surface area contributed by atoms with E-state index in [1.54, 1.807) is 5.57 Å². The van der Waals surface area contributed by atoms with E-state index in [0.717, 1.165) is 30.1 Å².